The zero-order valence-electron chi connectivity index (χ0n) is 17.3. The van der Waals surface area contributed by atoms with Gasteiger partial charge in [-0.2, -0.15) is 5.10 Å². The summed E-state index contributed by atoms with van der Waals surface area (Å²) in [6.45, 7) is 4.38. The summed E-state index contributed by atoms with van der Waals surface area (Å²) in [6.07, 6.45) is 3.57. The number of ether oxygens (including phenoxy) is 2. The molecule has 3 heterocycles. The van der Waals surface area contributed by atoms with Gasteiger partial charge in [0.05, 0.1) is 19.8 Å². The number of benzene rings is 1. The molecule has 1 aliphatic rings. The summed E-state index contributed by atoms with van der Waals surface area (Å²) in [6, 6.07) is 9.12. The molecule has 0 bridgehead atoms. The Morgan fingerprint density at radius 3 is 2.43 bits per heavy atom. The van der Waals surface area contributed by atoms with Crippen LogP contribution >= 0.6 is 0 Å². The van der Waals surface area contributed by atoms with E-state index in [1.807, 2.05) is 30.2 Å². The fourth-order valence-electron chi connectivity index (χ4n) is 3.58. The highest BCUT2D eigenvalue weighted by atomic mass is 16.5. The molecule has 0 saturated carbocycles. The standard InChI is InChI=1S/C21H24N6O3/c1-15-23-18(14-19(24-15)27-9-5-8-22-27)25-10-12-26(13-11-25)21(28)16-6-4-7-17(29-2)20(16)30-3/h4-9,14H,10-13H2,1-3H3. The van der Waals surface area contributed by atoms with E-state index in [1.54, 1.807) is 43.3 Å². The van der Waals surface area contributed by atoms with E-state index >= 15 is 0 Å². The Hall–Kier alpha value is -3.62. The smallest absolute Gasteiger partial charge is 0.257 e. The van der Waals surface area contributed by atoms with Crippen molar-refractivity contribution in [3.05, 3.63) is 54.1 Å². The van der Waals surface area contributed by atoms with Crippen LogP contribution in [-0.2, 0) is 0 Å². The van der Waals surface area contributed by atoms with Gasteiger partial charge in [0, 0.05) is 44.6 Å². The molecule has 0 unspecified atom stereocenters. The number of hydrogen-bond donors (Lipinski definition) is 0. The Balaban J connectivity index is 1.49. The number of piperazine rings is 1. The normalized spacial score (nSPS) is 14.0. The molecule has 30 heavy (non-hydrogen) atoms. The number of aromatic nitrogens is 4. The first kappa shape index (κ1) is 19.7. The van der Waals surface area contributed by atoms with E-state index in [2.05, 4.69) is 20.0 Å². The number of methoxy groups -OCH3 is 2. The molecule has 4 rings (SSSR count). The predicted octanol–water partition coefficient (Wildman–Crippen LogP) is 1.95. The monoisotopic (exact) mass is 408 g/mol. The second-order valence-electron chi connectivity index (χ2n) is 6.90. The van der Waals surface area contributed by atoms with E-state index in [9.17, 15) is 4.79 Å². The minimum atomic E-state index is -0.0681. The van der Waals surface area contributed by atoms with Crippen molar-refractivity contribution in [3.63, 3.8) is 0 Å². The van der Waals surface area contributed by atoms with Crippen molar-refractivity contribution in [2.75, 3.05) is 45.3 Å². The van der Waals surface area contributed by atoms with Crippen LogP contribution in [0.25, 0.3) is 5.82 Å². The molecule has 3 aromatic rings. The number of anilines is 1. The van der Waals surface area contributed by atoms with Gasteiger partial charge < -0.3 is 19.3 Å². The van der Waals surface area contributed by atoms with E-state index < -0.39 is 0 Å². The van der Waals surface area contributed by atoms with Crippen molar-refractivity contribution in [1.82, 2.24) is 24.6 Å². The number of para-hydroxylation sites is 1. The molecule has 0 aliphatic carbocycles. The lowest BCUT2D eigenvalue weighted by Gasteiger charge is -2.35. The third kappa shape index (κ3) is 3.78. The van der Waals surface area contributed by atoms with Gasteiger partial charge in [-0.1, -0.05) is 6.07 Å². The maximum absolute atomic E-state index is 13.1. The second-order valence-corrected chi connectivity index (χ2v) is 6.90. The Bertz CT molecular complexity index is 1030. The number of carbonyl (C=O) groups is 1. The molecule has 0 spiro atoms. The molecule has 1 amide bonds. The summed E-state index contributed by atoms with van der Waals surface area (Å²) >= 11 is 0. The first-order valence-electron chi connectivity index (χ1n) is 9.71. The highest BCUT2D eigenvalue weighted by Gasteiger charge is 2.26. The van der Waals surface area contributed by atoms with E-state index in [0.29, 0.717) is 49.1 Å². The number of carbonyl (C=O) groups excluding carboxylic acids is 1. The number of hydrogen-bond acceptors (Lipinski definition) is 7. The molecule has 2 aromatic heterocycles. The SMILES string of the molecule is COc1cccc(C(=O)N2CCN(c3cc(-n4cccn4)nc(C)n3)CC2)c1OC. The van der Waals surface area contributed by atoms with E-state index in [0.717, 1.165) is 11.6 Å². The molecule has 1 aliphatic heterocycles. The van der Waals surface area contributed by atoms with Crippen molar-refractivity contribution in [1.29, 1.82) is 0 Å². The zero-order valence-corrected chi connectivity index (χ0v) is 17.3. The zero-order chi connectivity index (χ0) is 21.1. The van der Waals surface area contributed by atoms with E-state index in [-0.39, 0.29) is 5.91 Å². The maximum atomic E-state index is 13.1. The minimum absolute atomic E-state index is 0.0681. The van der Waals surface area contributed by atoms with Crippen molar-refractivity contribution in [2.24, 2.45) is 0 Å². The van der Waals surface area contributed by atoms with Crippen molar-refractivity contribution in [2.45, 2.75) is 6.92 Å². The fraction of sp³-hybridized carbons (Fsp3) is 0.333. The predicted molar refractivity (Wildman–Crippen MR) is 112 cm³/mol. The topological polar surface area (TPSA) is 85.6 Å². The molecular formula is C21H24N6O3. The summed E-state index contributed by atoms with van der Waals surface area (Å²) in [5.41, 5.74) is 0.504. The van der Waals surface area contributed by atoms with Crippen molar-refractivity contribution < 1.29 is 14.3 Å². The second kappa shape index (κ2) is 8.40. The van der Waals surface area contributed by atoms with Gasteiger partial charge in [-0.15, -0.1) is 0 Å². The largest absolute Gasteiger partial charge is 0.493 e. The number of rotatable bonds is 5. The lowest BCUT2D eigenvalue weighted by Crippen LogP contribution is -2.49. The molecule has 1 aromatic carbocycles. The van der Waals surface area contributed by atoms with Gasteiger partial charge in [0.25, 0.3) is 5.91 Å². The Kier molecular flexibility index (Phi) is 5.51. The minimum Gasteiger partial charge on any atom is -0.493 e. The van der Waals surface area contributed by atoms with Crippen LogP contribution in [0.15, 0.2) is 42.7 Å². The van der Waals surface area contributed by atoms with Gasteiger partial charge in [0.2, 0.25) is 0 Å². The maximum Gasteiger partial charge on any atom is 0.257 e. The molecule has 0 radical (unpaired) electrons. The summed E-state index contributed by atoms with van der Waals surface area (Å²) in [5, 5.41) is 4.25. The molecule has 1 fully saturated rings. The van der Waals surface area contributed by atoms with Gasteiger partial charge >= 0.3 is 0 Å². The van der Waals surface area contributed by atoms with Crippen LogP contribution < -0.4 is 14.4 Å². The number of nitrogens with zero attached hydrogens (tertiary/aromatic N) is 6. The Morgan fingerprint density at radius 1 is 1.00 bits per heavy atom. The highest BCUT2D eigenvalue weighted by Crippen LogP contribution is 2.31. The van der Waals surface area contributed by atoms with Gasteiger partial charge in [-0.05, 0) is 25.1 Å². The van der Waals surface area contributed by atoms with Crippen LogP contribution in [0.4, 0.5) is 5.82 Å². The molecule has 9 nitrogen and oxygen atoms in total. The van der Waals surface area contributed by atoms with E-state index in [1.165, 1.54) is 0 Å². The molecular weight excluding hydrogens is 384 g/mol. The lowest BCUT2D eigenvalue weighted by molar-refractivity contribution is 0.0742. The molecule has 156 valence electrons. The first-order valence-corrected chi connectivity index (χ1v) is 9.71. The highest BCUT2D eigenvalue weighted by molar-refractivity contribution is 5.98. The molecule has 0 N–H and O–H groups in total. The summed E-state index contributed by atoms with van der Waals surface area (Å²) < 4.78 is 12.5. The van der Waals surface area contributed by atoms with Gasteiger partial charge in [0.1, 0.15) is 11.6 Å². The molecule has 0 atom stereocenters. The van der Waals surface area contributed by atoms with Crippen LogP contribution in [0.3, 0.4) is 0 Å². The van der Waals surface area contributed by atoms with Crippen molar-refractivity contribution in [3.8, 4) is 17.3 Å². The van der Waals surface area contributed by atoms with Gasteiger partial charge in [0.15, 0.2) is 17.3 Å². The van der Waals surface area contributed by atoms with Gasteiger partial charge in [-0.25, -0.2) is 14.6 Å². The number of amides is 1. The van der Waals surface area contributed by atoms with E-state index in [4.69, 9.17) is 9.47 Å². The summed E-state index contributed by atoms with van der Waals surface area (Å²) in [7, 11) is 3.10. The Labute approximate surface area is 174 Å². The van der Waals surface area contributed by atoms with Crippen LogP contribution in [0.2, 0.25) is 0 Å². The van der Waals surface area contributed by atoms with Crippen LogP contribution in [0, 0.1) is 6.92 Å². The fourth-order valence-corrected chi connectivity index (χ4v) is 3.58. The average molecular weight is 408 g/mol. The van der Waals surface area contributed by atoms with Gasteiger partial charge in [-0.3, -0.25) is 4.79 Å². The summed E-state index contributed by atoms with van der Waals surface area (Å²) in [5.74, 6) is 3.17. The van der Waals surface area contributed by atoms with Crippen LogP contribution in [0.5, 0.6) is 11.5 Å². The van der Waals surface area contributed by atoms with Crippen LogP contribution in [0.1, 0.15) is 16.2 Å². The molecule has 1 saturated heterocycles. The first-order chi connectivity index (χ1) is 14.6. The Morgan fingerprint density at radius 2 is 1.77 bits per heavy atom. The third-order valence-electron chi connectivity index (χ3n) is 5.07. The average Bonchev–Trinajstić information content (AvgIpc) is 3.33. The lowest BCUT2D eigenvalue weighted by atomic mass is 10.1. The van der Waals surface area contributed by atoms with Crippen LogP contribution in [-0.4, -0.2) is 71.0 Å². The quantitative estimate of drug-likeness (QED) is 0.638. The number of aryl methyl sites for hydroxylation is 1. The van der Waals surface area contributed by atoms with Crippen molar-refractivity contribution >= 4 is 11.7 Å². The third-order valence-corrected chi connectivity index (χ3v) is 5.07. The molecule has 9 heteroatoms. The summed E-state index contributed by atoms with van der Waals surface area (Å²) in [4.78, 5) is 26.1.